The molecule has 3 N–H and O–H groups in total. The summed E-state index contributed by atoms with van der Waals surface area (Å²) in [6, 6.07) is 5.00. The van der Waals surface area contributed by atoms with E-state index in [0.717, 1.165) is 0 Å². The van der Waals surface area contributed by atoms with Crippen molar-refractivity contribution in [3.8, 4) is 5.75 Å². The van der Waals surface area contributed by atoms with Gasteiger partial charge in [-0.15, -0.1) is 0 Å². The van der Waals surface area contributed by atoms with Crippen LogP contribution in [0.25, 0.3) is 0 Å². The van der Waals surface area contributed by atoms with Crippen molar-refractivity contribution in [3.63, 3.8) is 0 Å². The molecule has 0 saturated carbocycles. The molecule has 0 aromatic heterocycles. The second-order valence-corrected chi connectivity index (χ2v) is 4.43. The number of ether oxygens (including phenoxy) is 1. The number of methoxy groups -OCH3 is 1. The van der Waals surface area contributed by atoms with Crippen molar-refractivity contribution in [3.05, 3.63) is 23.2 Å². The van der Waals surface area contributed by atoms with E-state index < -0.39 is 5.54 Å². The number of benzene rings is 1. The predicted molar refractivity (Wildman–Crippen MR) is 64.9 cm³/mol. The van der Waals surface area contributed by atoms with Crippen molar-refractivity contribution in [2.75, 3.05) is 12.4 Å². The molecule has 0 aliphatic rings. The highest BCUT2D eigenvalue weighted by molar-refractivity contribution is 6.32. The summed E-state index contributed by atoms with van der Waals surface area (Å²) < 4.78 is 5.00. The second kappa shape index (κ2) is 4.72. The van der Waals surface area contributed by atoms with Crippen LogP contribution in [0.4, 0.5) is 5.69 Å². The number of anilines is 1. The first-order valence-corrected chi connectivity index (χ1v) is 5.16. The Morgan fingerprint density at radius 1 is 1.50 bits per heavy atom. The van der Waals surface area contributed by atoms with Crippen LogP contribution in [-0.2, 0) is 4.79 Å². The minimum absolute atomic E-state index is 0.270. The molecule has 4 nitrogen and oxygen atoms in total. The number of nitrogens with one attached hydrogen (secondary N) is 1. The molecule has 0 heterocycles. The predicted octanol–water partition coefficient (Wildman–Crippen LogP) is 2.02. The van der Waals surface area contributed by atoms with E-state index in [1.54, 1.807) is 32.0 Å². The van der Waals surface area contributed by atoms with E-state index in [-0.39, 0.29) is 5.91 Å². The Hall–Kier alpha value is -1.26. The van der Waals surface area contributed by atoms with Crippen LogP contribution in [0.2, 0.25) is 5.02 Å². The minimum atomic E-state index is -0.924. The number of hydrogen-bond acceptors (Lipinski definition) is 3. The van der Waals surface area contributed by atoms with Gasteiger partial charge in [-0.3, -0.25) is 4.79 Å². The summed E-state index contributed by atoms with van der Waals surface area (Å²) in [6.07, 6.45) is 0. The molecule has 1 amide bonds. The Labute approximate surface area is 99.7 Å². The van der Waals surface area contributed by atoms with Gasteiger partial charge in [0.2, 0.25) is 5.91 Å². The molecular weight excluding hydrogens is 228 g/mol. The quantitative estimate of drug-likeness (QED) is 0.852. The molecule has 0 bridgehead atoms. The molecule has 0 aliphatic heterocycles. The van der Waals surface area contributed by atoms with E-state index in [2.05, 4.69) is 5.32 Å². The van der Waals surface area contributed by atoms with Crippen LogP contribution in [0.1, 0.15) is 13.8 Å². The minimum Gasteiger partial charge on any atom is -0.495 e. The molecule has 1 aromatic carbocycles. The topological polar surface area (TPSA) is 64.3 Å². The van der Waals surface area contributed by atoms with Gasteiger partial charge in [0.25, 0.3) is 0 Å². The molecule has 0 spiro atoms. The summed E-state index contributed by atoms with van der Waals surface area (Å²) in [5, 5.41) is 3.11. The third-order valence-corrected chi connectivity index (χ3v) is 2.29. The van der Waals surface area contributed by atoms with E-state index in [1.807, 2.05) is 0 Å². The molecule has 0 unspecified atom stereocenters. The Morgan fingerprint density at radius 2 is 2.12 bits per heavy atom. The fraction of sp³-hybridized carbons (Fsp3) is 0.364. The van der Waals surface area contributed by atoms with E-state index >= 15 is 0 Å². The number of carbonyl (C=O) groups is 1. The average Bonchev–Trinajstić information content (AvgIpc) is 2.16. The first-order valence-electron chi connectivity index (χ1n) is 4.78. The summed E-state index contributed by atoms with van der Waals surface area (Å²) in [6.45, 7) is 3.26. The maximum absolute atomic E-state index is 11.6. The van der Waals surface area contributed by atoms with Crippen molar-refractivity contribution in [2.24, 2.45) is 5.73 Å². The third kappa shape index (κ3) is 3.12. The zero-order chi connectivity index (χ0) is 12.3. The summed E-state index contributed by atoms with van der Waals surface area (Å²) in [5.74, 6) is 0.292. The van der Waals surface area contributed by atoms with Gasteiger partial charge in [-0.2, -0.15) is 0 Å². The Balaban J connectivity index is 2.84. The van der Waals surface area contributed by atoms with E-state index in [1.165, 1.54) is 7.11 Å². The van der Waals surface area contributed by atoms with Crippen LogP contribution in [0, 0.1) is 0 Å². The maximum Gasteiger partial charge on any atom is 0.243 e. The van der Waals surface area contributed by atoms with Crippen molar-refractivity contribution in [1.29, 1.82) is 0 Å². The number of carbonyl (C=O) groups excluding carboxylic acids is 1. The smallest absolute Gasteiger partial charge is 0.243 e. The van der Waals surface area contributed by atoms with Crippen molar-refractivity contribution in [1.82, 2.24) is 0 Å². The first kappa shape index (κ1) is 12.8. The first-order chi connectivity index (χ1) is 7.34. The molecular formula is C11H15ClN2O2. The SMILES string of the molecule is COc1ccc(NC(=O)C(C)(C)N)cc1Cl. The molecule has 0 atom stereocenters. The van der Waals surface area contributed by atoms with Gasteiger partial charge >= 0.3 is 0 Å². The molecule has 1 aromatic rings. The highest BCUT2D eigenvalue weighted by atomic mass is 35.5. The second-order valence-electron chi connectivity index (χ2n) is 4.03. The molecule has 0 radical (unpaired) electrons. The monoisotopic (exact) mass is 242 g/mol. The van der Waals surface area contributed by atoms with Crippen LogP contribution in [0.15, 0.2) is 18.2 Å². The van der Waals surface area contributed by atoms with Gasteiger partial charge in [0.15, 0.2) is 0 Å². The van der Waals surface area contributed by atoms with Crippen LogP contribution in [-0.4, -0.2) is 18.6 Å². The number of amides is 1. The number of rotatable bonds is 3. The molecule has 0 aliphatic carbocycles. The Morgan fingerprint density at radius 3 is 2.56 bits per heavy atom. The Kier molecular flexibility index (Phi) is 3.78. The summed E-state index contributed by atoms with van der Waals surface area (Å²) in [7, 11) is 1.53. The van der Waals surface area contributed by atoms with Crippen LogP contribution in [0.3, 0.4) is 0 Å². The molecule has 0 saturated heterocycles. The summed E-state index contributed by atoms with van der Waals surface area (Å²) in [4.78, 5) is 11.6. The highest BCUT2D eigenvalue weighted by Crippen LogP contribution is 2.27. The Bertz CT molecular complexity index is 399. The zero-order valence-corrected chi connectivity index (χ0v) is 10.3. The van der Waals surface area contributed by atoms with Gasteiger partial charge < -0.3 is 15.8 Å². The number of hydrogen-bond donors (Lipinski definition) is 2. The summed E-state index contributed by atoms with van der Waals surface area (Å²) in [5.41, 5.74) is 5.32. The average molecular weight is 243 g/mol. The van der Waals surface area contributed by atoms with Gasteiger partial charge in [0.1, 0.15) is 5.75 Å². The highest BCUT2D eigenvalue weighted by Gasteiger charge is 2.21. The van der Waals surface area contributed by atoms with Crippen molar-refractivity contribution in [2.45, 2.75) is 19.4 Å². The molecule has 5 heteroatoms. The fourth-order valence-electron chi connectivity index (χ4n) is 1.04. The lowest BCUT2D eigenvalue weighted by Gasteiger charge is -2.18. The van der Waals surface area contributed by atoms with Gasteiger partial charge in [0, 0.05) is 5.69 Å². The largest absolute Gasteiger partial charge is 0.495 e. The van der Waals surface area contributed by atoms with E-state index in [0.29, 0.717) is 16.5 Å². The van der Waals surface area contributed by atoms with Gasteiger partial charge in [-0.1, -0.05) is 11.6 Å². The lowest BCUT2D eigenvalue weighted by Crippen LogP contribution is -2.45. The number of nitrogens with two attached hydrogens (primary N) is 1. The third-order valence-electron chi connectivity index (χ3n) is 1.99. The van der Waals surface area contributed by atoms with Crippen LogP contribution < -0.4 is 15.8 Å². The number of halogens is 1. The maximum atomic E-state index is 11.6. The van der Waals surface area contributed by atoms with E-state index in [4.69, 9.17) is 22.1 Å². The molecule has 1 rings (SSSR count). The molecule has 0 fully saturated rings. The lowest BCUT2D eigenvalue weighted by molar-refractivity contribution is -0.120. The van der Waals surface area contributed by atoms with Crippen LogP contribution >= 0.6 is 11.6 Å². The summed E-state index contributed by atoms with van der Waals surface area (Å²) >= 11 is 5.92. The molecule has 88 valence electrons. The van der Waals surface area contributed by atoms with Crippen molar-refractivity contribution < 1.29 is 9.53 Å². The van der Waals surface area contributed by atoms with Crippen LogP contribution in [0.5, 0.6) is 5.75 Å². The van der Waals surface area contributed by atoms with E-state index in [9.17, 15) is 4.79 Å². The van der Waals surface area contributed by atoms with Gasteiger partial charge in [-0.25, -0.2) is 0 Å². The molecule has 16 heavy (non-hydrogen) atoms. The van der Waals surface area contributed by atoms with Gasteiger partial charge in [-0.05, 0) is 32.0 Å². The fourth-order valence-corrected chi connectivity index (χ4v) is 1.29. The standard InChI is InChI=1S/C11H15ClN2O2/c1-11(2,13)10(15)14-7-4-5-9(16-3)8(12)6-7/h4-6H,13H2,1-3H3,(H,14,15). The normalized spacial score (nSPS) is 11.1. The lowest BCUT2D eigenvalue weighted by atomic mass is 10.1. The van der Waals surface area contributed by atoms with Gasteiger partial charge in [0.05, 0.1) is 17.7 Å². The zero-order valence-electron chi connectivity index (χ0n) is 9.50. The van der Waals surface area contributed by atoms with Crippen molar-refractivity contribution >= 4 is 23.2 Å².